The molecule has 0 spiro atoms. The summed E-state index contributed by atoms with van der Waals surface area (Å²) >= 11 is 0. The van der Waals surface area contributed by atoms with Crippen molar-refractivity contribution < 1.29 is 9.47 Å². The first-order valence-electron chi connectivity index (χ1n) is 6.02. The normalized spacial score (nSPS) is 12.0. The quantitative estimate of drug-likeness (QED) is 0.783. The summed E-state index contributed by atoms with van der Waals surface area (Å²) in [6.07, 6.45) is 5.49. The average Bonchev–Trinajstić information content (AvgIpc) is 2.38. The number of ether oxygens (including phenoxy) is 2. The van der Waals surface area contributed by atoms with Crippen molar-refractivity contribution >= 4 is 0 Å². The molecule has 98 valence electrons. The monoisotopic (exact) mass is 247 g/mol. The summed E-state index contributed by atoms with van der Waals surface area (Å²) in [4.78, 5) is 0. The summed E-state index contributed by atoms with van der Waals surface area (Å²) < 4.78 is 10.5. The first kappa shape index (κ1) is 14.4. The summed E-state index contributed by atoms with van der Waals surface area (Å²) in [6, 6.07) is 5.87. The molecule has 1 aromatic carbocycles. The maximum atomic E-state index is 5.49. The molecule has 0 aromatic heterocycles. The summed E-state index contributed by atoms with van der Waals surface area (Å²) in [5, 5.41) is 3.34. The van der Waals surface area contributed by atoms with E-state index in [1.165, 1.54) is 0 Å². The number of hydrogen-bond donors (Lipinski definition) is 1. The van der Waals surface area contributed by atoms with Gasteiger partial charge in [0.2, 0.25) is 0 Å². The molecule has 0 radical (unpaired) electrons. The molecule has 0 aliphatic heterocycles. The van der Waals surface area contributed by atoms with E-state index in [4.69, 9.17) is 15.9 Å². The van der Waals surface area contributed by atoms with Crippen LogP contribution in [0.3, 0.4) is 0 Å². The molecule has 0 aliphatic carbocycles. The van der Waals surface area contributed by atoms with E-state index in [-0.39, 0.29) is 6.04 Å². The minimum atomic E-state index is 0.0715. The van der Waals surface area contributed by atoms with Crippen LogP contribution in [-0.4, -0.2) is 20.3 Å². The minimum absolute atomic E-state index is 0.0715. The Bertz CT molecular complexity index is 399. The molecule has 0 bridgehead atoms. The topological polar surface area (TPSA) is 30.5 Å². The fourth-order valence-corrected chi connectivity index (χ4v) is 1.68. The summed E-state index contributed by atoms with van der Waals surface area (Å²) in [5.41, 5.74) is 1.09. The third-order valence-corrected chi connectivity index (χ3v) is 2.78. The van der Waals surface area contributed by atoms with Crippen molar-refractivity contribution in [2.24, 2.45) is 5.92 Å². The molecule has 1 unspecified atom stereocenters. The zero-order valence-electron chi connectivity index (χ0n) is 11.5. The number of terminal acetylenes is 1. The molecule has 0 saturated carbocycles. The van der Waals surface area contributed by atoms with Gasteiger partial charge in [0.15, 0.2) is 0 Å². The number of methoxy groups -OCH3 is 2. The van der Waals surface area contributed by atoms with Gasteiger partial charge in [-0.1, -0.05) is 19.8 Å². The maximum absolute atomic E-state index is 5.49. The van der Waals surface area contributed by atoms with Gasteiger partial charge < -0.3 is 9.47 Å². The third kappa shape index (κ3) is 3.97. The van der Waals surface area contributed by atoms with E-state index in [1.54, 1.807) is 14.2 Å². The van der Waals surface area contributed by atoms with Crippen molar-refractivity contribution in [1.82, 2.24) is 5.32 Å². The van der Waals surface area contributed by atoms with Crippen LogP contribution in [0.4, 0.5) is 0 Å². The lowest BCUT2D eigenvalue weighted by atomic mass is 10.0. The largest absolute Gasteiger partial charge is 0.497 e. The predicted molar refractivity (Wildman–Crippen MR) is 73.8 cm³/mol. The lowest BCUT2D eigenvalue weighted by Crippen LogP contribution is -2.31. The van der Waals surface area contributed by atoms with E-state index in [2.05, 4.69) is 25.1 Å². The molecule has 1 rings (SSSR count). The molecule has 0 saturated heterocycles. The average molecular weight is 247 g/mol. The summed E-state index contributed by atoms with van der Waals surface area (Å²) in [5.74, 6) is 4.73. The maximum Gasteiger partial charge on any atom is 0.122 e. The van der Waals surface area contributed by atoms with E-state index in [0.29, 0.717) is 12.5 Å². The molecule has 0 heterocycles. The Hall–Kier alpha value is -1.66. The summed E-state index contributed by atoms with van der Waals surface area (Å²) in [7, 11) is 3.29. The first-order chi connectivity index (χ1) is 8.60. The van der Waals surface area contributed by atoms with E-state index < -0.39 is 0 Å². The van der Waals surface area contributed by atoms with Crippen LogP contribution < -0.4 is 14.8 Å². The Morgan fingerprint density at radius 3 is 2.11 bits per heavy atom. The Balaban J connectivity index is 2.75. The molecule has 1 aromatic rings. The van der Waals surface area contributed by atoms with Crippen LogP contribution in [-0.2, 0) is 6.54 Å². The standard InChI is InChI=1S/C15H21NO2/c1-6-15(11(2)3)16-10-12-7-13(17-4)9-14(8-12)18-5/h1,7-9,11,15-16H,10H2,2-5H3. The molecule has 1 N–H and O–H groups in total. The zero-order chi connectivity index (χ0) is 13.5. The Kier molecular flexibility index (Phi) is 5.54. The Morgan fingerprint density at radius 2 is 1.72 bits per heavy atom. The van der Waals surface area contributed by atoms with Crippen molar-refractivity contribution in [3.63, 3.8) is 0 Å². The van der Waals surface area contributed by atoms with Crippen LogP contribution >= 0.6 is 0 Å². The second-order valence-corrected chi connectivity index (χ2v) is 4.49. The lowest BCUT2D eigenvalue weighted by molar-refractivity contribution is 0.392. The van der Waals surface area contributed by atoms with Crippen LogP contribution in [0.2, 0.25) is 0 Å². The van der Waals surface area contributed by atoms with Crippen LogP contribution in [0.1, 0.15) is 19.4 Å². The van der Waals surface area contributed by atoms with Gasteiger partial charge in [0, 0.05) is 12.6 Å². The van der Waals surface area contributed by atoms with Crippen molar-refractivity contribution in [3.8, 4) is 23.8 Å². The smallest absolute Gasteiger partial charge is 0.122 e. The SMILES string of the molecule is C#CC(NCc1cc(OC)cc(OC)c1)C(C)C. The van der Waals surface area contributed by atoms with Gasteiger partial charge in [0.25, 0.3) is 0 Å². The van der Waals surface area contributed by atoms with Crippen LogP contribution in [0, 0.1) is 18.3 Å². The van der Waals surface area contributed by atoms with E-state index in [9.17, 15) is 0 Å². The van der Waals surface area contributed by atoms with Gasteiger partial charge in [-0.3, -0.25) is 5.32 Å². The molecule has 0 aliphatic rings. The predicted octanol–water partition coefficient (Wildman–Crippen LogP) is 2.45. The van der Waals surface area contributed by atoms with Crippen LogP contribution in [0.5, 0.6) is 11.5 Å². The van der Waals surface area contributed by atoms with Crippen molar-refractivity contribution in [1.29, 1.82) is 0 Å². The molecule has 18 heavy (non-hydrogen) atoms. The van der Waals surface area contributed by atoms with Gasteiger partial charge >= 0.3 is 0 Å². The van der Waals surface area contributed by atoms with E-state index >= 15 is 0 Å². The fourth-order valence-electron chi connectivity index (χ4n) is 1.68. The van der Waals surface area contributed by atoms with Crippen LogP contribution in [0.25, 0.3) is 0 Å². The molecule has 3 nitrogen and oxygen atoms in total. The summed E-state index contributed by atoms with van der Waals surface area (Å²) in [6.45, 7) is 4.90. The highest BCUT2D eigenvalue weighted by Crippen LogP contribution is 2.22. The number of benzene rings is 1. The number of nitrogens with one attached hydrogen (secondary N) is 1. The van der Waals surface area contributed by atoms with E-state index in [0.717, 1.165) is 17.1 Å². The Labute approximate surface area is 109 Å². The molecular formula is C15H21NO2. The van der Waals surface area contributed by atoms with Crippen LogP contribution in [0.15, 0.2) is 18.2 Å². The van der Waals surface area contributed by atoms with Crippen molar-refractivity contribution in [3.05, 3.63) is 23.8 Å². The minimum Gasteiger partial charge on any atom is -0.497 e. The van der Waals surface area contributed by atoms with Crippen molar-refractivity contribution in [2.75, 3.05) is 14.2 Å². The highest BCUT2D eigenvalue weighted by atomic mass is 16.5. The second-order valence-electron chi connectivity index (χ2n) is 4.49. The number of hydrogen-bond acceptors (Lipinski definition) is 3. The van der Waals surface area contributed by atoms with E-state index in [1.807, 2.05) is 18.2 Å². The molecule has 1 atom stereocenters. The second kappa shape index (κ2) is 6.93. The Morgan fingerprint density at radius 1 is 1.17 bits per heavy atom. The molecular weight excluding hydrogens is 226 g/mol. The highest BCUT2D eigenvalue weighted by molar-refractivity contribution is 5.38. The third-order valence-electron chi connectivity index (χ3n) is 2.78. The van der Waals surface area contributed by atoms with Gasteiger partial charge in [-0.05, 0) is 23.6 Å². The van der Waals surface area contributed by atoms with Gasteiger partial charge in [-0.2, -0.15) is 0 Å². The van der Waals surface area contributed by atoms with Gasteiger partial charge in [0.05, 0.1) is 20.3 Å². The molecule has 0 amide bonds. The molecule has 3 heteroatoms. The van der Waals surface area contributed by atoms with Crippen molar-refractivity contribution in [2.45, 2.75) is 26.4 Å². The number of rotatable bonds is 6. The highest BCUT2D eigenvalue weighted by Gasteiger charge is 2.09. The lowest BCUT2D eigenvalue weighted by Gasteiger charge is -2.17. The fraction of sp³-hybridized carbons (Fsp3) is 0.467. The van der Waals surface area contributed by atoms with Gasteiger partial charge in [-0.25, -0.2) is 0 Å². The zero-order valence-corrected chi connectivity index (χ0v) is 11.5. The first-order valence-corrected chi connectivity index (χ1v) is 6.02. The van der Waals surface area contributed by atoms with Gasteiger partial charge in [0.1, 0.15) is 11.5 Å². The van der Waals surface area contributed by atoms with Gasteiger partial charge in [-0.15, -0.1) is 6.42 Å². The molecule has 0 fully saturated rings.